The second-order valence-electron chi connectivity index (χ2n) is 6.43. The molecule has 0 aliphatic rings. The van der Waals surface area contributed by atoms with E-state index in [2.05, 4.69) is 43.1 Å². The molecule has 0 aliphatic heterocycles. The maximum Gasteiger partial charge on any atom is 0.338 e. The number of hydrogen-bond donors (Lipinski definition) is 1. The highest BCUT2D eigenvalue weighted by molar-refractivity contribution is 5.89. The summed E-state index contributed by atoms with van der Waals surface area (Å²) in [5.74, 6) is 0.744. The summed E-state index contributed by atoms with van der Waals surface area (Å²) in [7, 11) is 0. The molecule has 3 rings (SSSR count). The first-order valence-corrected chi connectivity index (χ1v) is 8.71. The normalized spacial score (nSPS) is 10.9. The number of nitrogen functional groups attached to an aromatic ring is 1. The lowest BCUT2D eigenvalue weighted by molar-refractivity contribution is 0.0526. The summed E-state index contributed by atoms with van der Waals surface area (Å²) in [5.41, 5.74) is 10.6. The van der Waals surface area contributed by atoms with Gasteiger partial charge in [0, 0.05) is 24.2 Å². The molecule has 0 unspecified atom stereocenters. The molecule has 3 aromatic rings. The van der Waals surface area contributed by atoms with E-state index in [4.69, 9.17) is 10.5 Å². The van der Waals surface area contributed by atoms with E-state index in [-0.39, 0.29) is 5.97 Å². The first kappa shape index (κ1) is 17.7. The highest BCUT2D eigenvalue weighted by atomic mass is 16.5. The molecule has 0 fully saturated rings. The number of anilines is 1. The Bertz CT molecular complexity index is 911. The number of ether oxygens (including phenoxy) is 1. The molecule has 2 N–H and O–H groups in total. The number of hydrogen-bond acceptors (Lipinski definition) is 4. The molecule has 134 valence electrons. The summed E-state index contributed by atoms with van der Waals surface area (Å²) < 4.78 is 6.87. The number of esters is 1. The number of nitrogens with zero attached hydrogens (tertiary/aromatic N) is 2. The molecule has 0 saturated carbocycles. The van der Waals surface area contributed by atoms with Crippen molar-refractivity contribution in [3.63, 3.8) is 0 Å². The van der Waals surface area contributed by atoms with Crippen molar-refractivity contribution in [3.05, 3.63) is 66.1 Å². The number of benzene rings is 1. The van der Waals surface area contributed by atoms with E-state index in [1.54, 1.807) is 25.3 Å². The molecule has 0 saturated heterocycles. The third-order valence-electron chi connectivity index (χ3n) is 4.27. The van der Waals surface area contributed by atoms with Crippen molar-refractivity contribution in [2.75, 3.05) is 12.3 Å². The Labute approximate surface area is 153 Å². The van der Waals surface area contributed by atoms with Gasteiger partial charge in [0.15, 0.2) is 0 Å². The Morgan fingerprint density at radius 2 is 1.92 bits per heavy atom. The zero-order valence-electron chi connectivity index (χ0n) is 15.3. The lowest BCUT2D eigenvalue weighted by atomic mass is 9.99. The van der Waals surface area contributed by atoms with Crippen LogP contribution in [0.25, 0.3) is 16.9 Å². The standard InChI is InChI=1S/C21H23N3O2/c1-4-26-21(25)17-9-10-23-20(11-17)24-12-18(19(22)13-24)16-7-5-15(6-8-16)14(2)3/h5-14H,4,22H2,1-3H3. The van der Waals surface area contributed by atoms with Crippen LogP contribution in [0, 0.1) is 0 Å². The largest absolute Gasteiger partial charge is 0.462 e. The van der Waals surface area contributed by atoms with Crippen LogP contribution in [0.5, 0.6) is 0 Å². The van der Waals surface area contributed by atoms with Crippen molar-refractivity contribution in [2.45, 2.75) is 26.7 Å². The predicted octanol–water partition coefficient (Wildman–Crippen LogP) is 4.42. The lowest BCUT2D eigenvalue weighted by Gasteiger charge is -2.07. The summed E-state index contributed by atoms with van der Waals surface area (Å²) >= 11 is 0. The van der Waals surface area contributed by atoms with Crippen LogP contribution in [0.3, 0.4) is 0 Å². The summed E-state index contributed by atoms with van der Waals surface area (Å²) in [6.07, 6.45) is 5.33. The predicted molar refractivity (Wildman–Crippen MR) is 103 cm³/mol. The van der Waals surface area contributed by atoms with Crippen LogP contribution in [-0.4, -0.2) is 22.1 Å². The van der Waals surface area contributed by atoms with E-state index in [1.165, 1.54) is 5.56 Å². The van der Waals surface area contributed by atoms with Crippen molar-refractivity contribution < 1.29 is 9.53 Å². The summed E-state index contributed by atoms with van der Waals surface area (Å²) in [5, 5.41) is 0. The van der Waals surface area contributed by atoms with Crippen molar-refractivity contribution in [2.24, 2.45) is 0 Å². The average Bonchev–Trinajstić information content (AvgIpc) is 3.04. The lowest BCUT2D eigenvalue weighted by Crippen LogP contribution is -2.06. The van der Waals surface area contributed by atoms with Crippen LogP contribution in [0.4, 0.5) is 5.69 Å². The first-order valence-electron chi connectivity index (χ1n) is 8.71. The highest BCUT2D eigenvalue weighted by Gasteiger charge is 2.12. The second-order valence-corrected chi connectivity index (χ2v) is 6.43. The quantitative estimate of drug-likeness (QED) is 0.692. The van der Waals surface area contributed by atoms with Gasteiger partial charge in [-0.3, -0.25) is 0 Å². The van der Waals surface area contributed by atoms with E-state index in [0.717, 1.165) is 11.1 Å². The molecule has 0 radical (unpaired) electrons. The zero-order valence-corrected chi connectivity index (χ0v) is 15.3. The Balaban J connectivity index is 1.93. The molecular formula is C21H23N3O2. The van der Waals surface area contributed by atoms with Gasteiger partial charge >= 0.3 is 5.97 Å². The van der Waals surface area contributed by atoms with Gasteiger partial charge in [0.1, 0.15) is 5.82 Å². The summed E-state index contributed by atoms with van der Waals surface area (Å²) in [6, 6.07) is 11.7. The van der Waals surface area contributed by atoms with Gasteiger partial charge in [-0.25, -0.2) is 9.78 Å². The third-order valence-corrected chi connectivity index (χ3v) is 4.27. The SMILES string of the molecule is CCOC(=O)c1ccnc(-n2cc(N)c(-c3ccc(C(C)C)cc3)c2)c1. The maximum absolute atomic E-state index is 11.9. The number of rotatable bonds is 5. The van der Waals surface area contributed by atoms with Gasteiger partial charge in [0.05, 0.1) is 17.9 Å². The molecular weight excluding hydrogens is 326 g/mol. The smallest absolute Gasteiger partial charge is 0.338 e. The summed E-state index contributed by atoms with van der Waals surface area (Å²) in [6.45, 7) is 6.46. The Morgan fingerprint density at radius 3 is 2.58 bits per heavy atom. The van der Waals surface area contributed by atoms with Gasteiger partial charge in [-0.15, -0.1) is 0 Å². The summed E-state index contributed by atoms with van der Waals surface area (Å²) in [4.78, 5) is 16.3. The minimum atomic E-state index is -0.360. The Morgan fingerprint density at radius 1 is 1.19 bits per heavy atom. The molecule has 1 aromatic carbocycles. The van der Waals surface area contributed by atoms with Crippen LogP contribution < -0.4 is 5.73 Å². The van der Waals surface area contributed by atoms with Crippen molar-refractivity contribution in [1.82, 2.24) is 9.55 Å². The van der Waals surface area contributed by atoms with Gasteiger partial charge in [-0.2, -0.15) is 0 Å². The van der Waals surface area contributed by atoms with Crippen LogP contribution in [0.1, 0.15) is 42.6 Å². The number of nitrogens with two attached hydrogens (primary N) is 1. The molecule has 0 amide bonds. The highest BCUT2D eigenvalue weighted by Crippen LogP contribution is 2.29. The molecule has 5 heteroatoms. The molecule has 0 atom stereocenters. The molecule has 5 nitrogen and oxygen atoms in total. The monoisotopic (exact) mass is 349 g/mol. The molecule has 2 aromatic heterocycles. The van der Waals surface area contributed by atoms with Gasteiger partial charge in [0.25, 0.3) is 0 Å². The number of carbonyl (C=O) groups excluding carboxylic acids is 1. The van der Waals surface area contributed by atoms with E-state index >= 15 is 0 Å². The average molecular weight is 349 g/mol. The van der Waals surface area contributed by atoms with Crippen LogP contribution >= 0.6 is 0 Å². The van der Waals surface area contributed by atoms with Crippen molar-refractivity contribution >= 4 is 11.7 Å². The number of pyridine rings is 1. The molecule has 0 aliphatic carbocycles. The fraction of sp³-hybridized carbons (Fsp3) is 0.238. The van der Waals surface area contributed by atoms with Crippen LogP contribution in [0.15, 0.2) is 55.0 Å². The molecule has 0 spiro atoms. The van der Waals surface area contributed by atoms with E-state index in [9.17, 15) is 4.79 Å². The first-order chi connectivity index (χ1) is 12.5. The van der Waals surface area contributed by atoms with E-state index in [0.29, 0.717) is 29.6 Å². The number of carbonyl (C=O) groups is 1. The van der Waals surface area contributed by atoms with Gasteiger partial charge in [-0.1, -0.05) is 38.1 Å². The van der Waals surface area contributed by atoms with Gasteiger partial charge in [0.2, 0.25) is 0 Å². The minimum Gasteiger partial charge on any atom is -0.462 e. The van der Waals surface area contributed by atoms with E-state index < -0.39 is 0 Å². The van der Waals surface area contributed by atoms with E-state index in [1.807, 2.05) is 17.0 Å². The Kier molecular flexibility index (Phi) is 5.07. The van der Waals surface area contributed by atoms with Crippen LogP contribution in [0.2, 0.25) is 0 Å². The zero-order chi connectivity index (χ0) is 18.7. The maximum atomic E-state index is 11.9. The topological polar surface area (TPSA) is 70.1 Å². The fourth-order valence-corrected chi connectivity index (χ4v) is 2.79. The number of aromatic nitrogens is 2. The Hall–Kier alpha value is -3.08. The minimum absolute atomic E-state index is 0.337. The fourth-order valence-electron chi connectivity index (χ4n) is 2.79. The van der Waals surface area contributed by atoms with Crippen molar-refractivity contribution in [1.29, 1.82) is 0 Å². The third kappa shape index (κ3) is 3.61. The van der Waals surface area contributed by atoms with Crippen LogP contribution in [-0.2, 0) is 4.74 Å². The second kappa shape index (κ2) is 7.44. The van der Waals surface area contributed by atoms with Gasteiger partial charge < -0.3 is 15.0 Å². The molecule has 2 heterocycles. The molecule has 26 heavy (non-hydrogen) atoms. The van der Waals surface area contributed by atoms with Gasteiger partial charge in [-0.05, 0) is 36.1 Å². The van der Waals surface area contributed by atoms with Crippen molar-refractivity contribution in [3.8, 4) is 16.9 Å². The molecule has 0 bridgehead atoms.